The molecule has 0 radical (unpaired) electrons. The fourth-order valence-corrected chi connectivity index (χ4v) is 5.01. The third-order valence-electron chi connectivity index (χ3n) is 4.84. The van der Waals surface area contributed by atoms with E-state index in [0.29, 0.717) is 22.9 Å². The molecule has 0 aliphatic heterocycles. The van der Waals surface area contributed by atoms with Crippen LogP contribution >= 0.6 is 23.5 Å². The summed E-state index contributed by atoms with van der Waals surface area (Å²) in [6.45, 7) is 2.53. The summed E-state index contributed by atoms with van der Waals surface area (Å²) in [7, 11) is 1.55. The average molecular weight is 475 g/mol. The summed E-state index contributed by atoms with van der Waals surface area (Å²) in [6.07, 6.45) is 0. The first-order valence-electron chi connectivity index (χ1n) is 9.83. The number of nitrogens with one attached hydrogen (secondary N) is 1. The molecule has 0 spiro atoms. The highest BCUT2D eigenvalue weighted by Crippen LogP contribution is 2.30. The van der Waals surface area contributed by atoms with Gasteiger partial charge >= 0.3 is 5.69 Å². The van der Waals surface area contributed by atoms with Crippen molar-refractivity contribution in [3.63, 3.8) is 0 Å². The lowest BCUT2D eigenvalue weighted by Crippen LogP contribution is -2.29. The van der Waals surface area contributed by atoms with Crippen molar-refractivity contribution in [2.45, 2.75) is 28.4 Å². The molecule has 0 saturated heterocycles. The highest BCUT2D eigenvalue weighted by Gasteiger charge is 2.20. The van der Waals surface area contributed by atoms with Crippen molar-refractivity contribution in [3.05, 3.63) is 81.0 Å². The fraction of sp³-hybridized carbons (Fsp3) is 0.227. The molecule has 1 atom stereocenters. The Balaban J connectivity index is 1.66. The summed E-state index contributed by atoms with van der Waals surface area (Å²) in [5.41, 5.74) is -0.428. The summed E-state index contributed by atoms with van der Waals surface area (Å²) < 4.78 is 29.5. The van der Waals surface area contributed by atoms with Gasteiger partial charge in [-0.3, -0.25) is 14.3 Å². The molecule has 2 aromatic carbocycles. The fourth-order valence-electron chi connectivity index (χ4n) is 3.20. The first-order valence-corrected chi connectivity index (χ1v) is 11.6. The molecule has 166 valence electrons. The summed E-state index contributed by atoms with van der Waals surface area (Å²) in [5, 5.41) is 0.539. The Hall–Kier alpha value is -2.85. The third kappa shape index (κ3) is 4.81. The maximum Gasteiger partial charge on any atom is 0.329 e. The van der Waals surface area contributed by atoms with Gasteiger partial charge in [-0.25, -0.2) is 18.6 Å². The van der Waals surface area contributed by atoms with Gasteiger partial charge in [-0.1, -0.05) is 18.7 Å². The zero-order valence-electron chi connectivity index (χ0n) is 17.3. The second-order valence-corrected chi connectivity index (χ2v) is 9.56. The molecule has 1 N–H and O–H groups in total. The van der Waals surface area contributed by atoms with Crippen molar-refractivity contribution in [2.75, 3.05) is 5.75 Å². The molecule has 0 fully saturated rings. The summed E-state index contributed by atoms with van der Waals surface area (Å²) in [5.74, 6) is 0.245. The van der Waals surface area contributed by atoms with E-state index in [9.17, 15) is 18.4 Å². The first kappa shape index (κ1) is 22.3. The van der Waals surface area contributed by atoms with Crippen LogP contribution in [0.3, 0.4) is 0 Å². The number of halogens is 2. The topological polar surface area (TPSA) is 72.7 Å². The van der Waals surface area contributed by atoms with Crippen molar-refractivity contribution < 1.29 is 8.78 Å². The van der Waals surface area contributed by atoms with Gasteiger partial charge in [-0.05, 0) is 54.4 Å². The number of benzene rings is 2. The molecule has 0 aliphatic rings. The Kier molecular flexibility index (Phi) is 6.52. The average Bonchev–Trinajstić information content (AvgIpc) is 3.12. The van der Waals surface area contributed by atoms with Crippen LogP contribution in [-0.4, -0.2) is 24.9 Å². The van der Waals surface area contributed by atoms with Crippen LogP contribution in [0.5, 0.6) is 0 Å². The monoisotopic (exact) mass is 474 g/mol. The largest absolute Gasteiger partial charge is 0.329 e. The molecule has 10 heteroatoms. The van der Waals surface area contributed by atoms with E-state index in [1.54, 1.807) is 47.6 Å². The number of hydrogen-bond donors (Lipinski definition) is 1. The molecule has 0 aliphatic carbocycles. The van der Waals surface area contributed by atoms with Crippen molar-refractivity contribution >= 4 is 34.7 Å². The van der Waals surface area contributed by atoms with Crippen LogP contribution in [0.4, 0.5) is 8.78 Å². The first-order chi connectivity index (χ1) is 15.3. The summed E-state index contributed by atoms with van der Waals surface area (Å²) >= 11 is 2.89. The number of aryl methyl sites for hydroxylation is 1. The number of thioether (sulfide) groups is 1. The van der Waals surface area contributed by atoms with Gasteiger partial charge in [-0.15, -0.1) is 11.8 Å². The minimum atomic E-state index is -0.537. The van der Waals surface area contributed by atoms with E-state index >= 15 is 0 Å². The lowest BCUT2D eigenvalue weighted by Gasteiger charge is -2.15. The minimum Gasteiger partial charge on any atom is -0.313 e. The molecule has 1 unspecified atom stereocenters. The molecular formula is C22H20F2N4O2S2. The zero-order chi connectivity index (χ0) is 22.8. The molecule has 6 nitrogen and oxygen atoms in total. The number of nitrogens with zero attached hydrogens (tertiary/aromatic N) is 3. The molecule has 2 aromatic heterocycles. The predicted molar refractivity (Wildman–Crippen MR) is 122 cm³/mol. The number of hydrogen-bond acceptors (Lipinski definition) is 5. The second-order valence-electron chi connectivity index (χ2n) is 7.42. The quantitative estimate of drug-likeness (QED) is 0.405. The lowest BCUT2D eigenvalue weighted by atomic mass is 10.2. The number of rotatable bonds is 7. The summed E-state index contributed by atoms with van der Waals surface area (Å²) in [4.78, 5) is 33.3. The van der Waals surface area contributed by atoms with E-state index in [0.717, 1.165) is 15.5 Å². The van der Waals surface area contributed by atoms with E-state index < -0.39 is 11.2 Å². The molecule has 32 heavy (non-hydrogen) atoms. The van der Waals surface area contributed by atoms with Crippen molar-refractivity contribution in [1.29, 1.82) is 0 Å². The van der Waals surface area contributed by atoms with Crippen LogP contribution in [-0.2, 0) is 13.6 Å². The second kappa shape index (κ2) is 9.33. The van der Waals surface area contributed by atoms with Gasteiger partial charge < -0.3 is 4.57 Å². The van der Waals surface area contributed by atoms with E-state index in [2.05, 4.69) is 9.97 Å². The van der Waals surface area contributed by atoms with Crippen LogP contribution < -0.4 is 11.2 Å². The number of aromatic amines is 1. The SMILES string of the molecule is CC(CSc1ccc(F)cc1)Cn1c(Sc2ccc(F)cc2)nc2c1c(=O)[nH]c(=O)n2C. The van der Waals surface area contributed by atoms with E-state index in [4.69, 9.17) is 0 Å². The minimum absolute atomic E-state index is 0.131. The molecular weight excluding hydrogens is 454 g/mol. The van der Waals surface area contributed by atoms with Gasteiger partial charge in [0.15, 0.2) is 16.3 Å². The Morgan fingerprint density at radius 1 is 1.00 bits per heavy atom. The van der Waals surface area contributed by atoms with Crippen LogP contribution in [0.25, 0.3) is 11.2 Å². The van der Waals surface area contributed by atoms with Crippen LogP contribution in [0.15, 0.2) is 73.1 Å². The number of H-pyrrole nitrogens is 1. The standard InChI is InChI=1S/C22H20F2N4O2S2/c1-13(12-31-16-7-3-14(23)4-8-16)11-28-18-19(27(2)21(30)26-20(18)29)25-22(28)32-17-9-5-15(24)6-10-17/h3-10,13H,11-12H2,1-2H3,(H,26,29,30). The van der Waals surface area contributed by atoms with Crippen molar-refractivity contribution in [2.24, 2.45) is 13.0 Å². The third-order valence-corrected chi connectivity index (χ3v) is 7.18. The van der Waals surface area contributed by atoms with Crippen LogP contribution in [0, 0.1) is 17.6 Å². The highest BCUT2D eigenvalue weighted by atomic mass is 32.2. The van der Waals surface area contributed by atoms with Crippen molar-refractivity contribution in [1.82, 2.24) is 19.1 Å². The van der Waals surface area contributed by atoms with Gasteiger partial charge in [0.05, 0.1) is 0 Å². The van der Waals surface area contributed by atoms with Crippen molar-refractivity contribution in [3.8, 4) is 0 Å². The van der Waals surface area contributed by atoms with E-state index in [1.165, 1.54) is 40.6 Å². The van der Waals surface area contributed by atoms with Gasteiger partial charge in [0.1, 0.15) is 11.6 Å². The number of aromatic nitrogens is 4. The Bertz CT molecular complexity index is 1360. The number of fused-ring (bicyclic) bond motifs is 1. The van der Waals surface area contributed by atoms with Gasteiger partial charge in [0.2, 0.25) is 0 Å². The Morgan fingerprint density at radius 2 is 1.59 bits per heavy atom. The normalized spacial score (nSPS) is 12.4. The smallest absolute Gasteiger partial charge is 0.313 e. The lowest BCUT2D eigenvalue weighted by molar-refractivity contribution is 0.511. The van der Waals surface area contributed by atoms with E-state index in [1.807, 2.05) is 6.92 Å². The number of imidazole rings is 1. The molecule has 2 heterocycles. The summed E-state index contributed by atoms with van der Waals surface area (Å²) in [6, 6.07) is 12.3. The molecule has 0 bridgehead atoms. The molecule has 0 saturated carbocycles. The molecule has 4 aromatic rings. The Labute approximate surface area is 190 Å². The zero-order valence-corrected chi connectivity index (χ0v) is 19.0. The maximum absolute atomic E-state index is 13.3. The van der Waals surface area contributed by atoms with Gasteiger partial charge in [-0.2, -0.15) is 0 Å². The highest BCUT2D eigenvalue weighted by molar-refractivity contribution is 7.99. The molecule has 4 rings (SSSR count). The Morgan fingerprint density at radius 3 is 2.22 bits per heavy atom. The van der Waals surface area contributed by atoms with Gasteiger partial charge in [0, 0.05) is 29.1 Å². The van der Waals surface area contributed by atoms with Crippen LogP contribution in [0.2, 0.25) is 0 Å². The van der Waals surface area contributed by atoms with Crippen LogP contribution in [0.1, 0.15) is 6.92 Å². The molecule has 0 amide bonds. The van der Waals surface area contributed by atoms with E-state index in [-0.39, 0.29) is 17.6 Å². The predicted octanol–water partition coefficient (Wildman–Crippen LogP) is 4.28. The maximum atomic E-state index is 13.3. The van der Waals surface area contributed by atoms with Gasteiger partial charge in [0.25, 0.3) is 5.56 Å².